The number of hydrogen-bond donors (Lipinski definition) is 3. The van der Waals surface area contributed by atoms with Crippen molar-refractivity contribution in [2.75, 3.05) is 12.4 Å². The van der Waals surface area contributed by atoms with Crippen LogP contribution < -0.4 is 15.4 Å². The molecule has 0 spiro atoms. The van der Waals surface area contributed by atoms with Gasteiger partial charge in [0.2, 0.25) is 0 Å². The van der Waals surface area contributed by atoms with Crippen molar-refractivity contribution in [1.82, 2.24) is 5.32 Å². The Balaban J connectivity index is 2.12. The van der Waals surface area contributed by atoms with Crippen LogP contribution in [0.25, 0.3) is 0 Å². The van der Waals surface area contributed by atoms with Crippen LogP contribution in [0.2, 0.25) is 0 Å². The van der Waals surface area contributed by atoms with Crippen LogP contribution in [-0.4, -0.2) is 29.2 Å². The van der Waals surface area contributed by atoms with Crippen molar-refractivity contribution in [3.8, 4) is 5.75 Å². The van der Waals surface area contributed by atoms with Crippen LogP contribution in [0.4, 0.5) is 5.69 Å². The zero-order valence-corrected chi connectivity index (χ0v) is 13.1. The van der Waals surface area contributed by atoms with E-state index in [1.807, 2.05) is 0 Å². The Morgan fingerprint density at radius 3 is 2.68 bits per heavy atom. The highest BCUT2D eigenvalue weighted by molar-refractivity contribution is 7.80. The third kappa shape index (κ3) is 3.80. The van der Waals surface area contributed by atoms with E-state index in [4.69, 9.17) is 22.1 Å². The summed E-state index contributed by atoms with van der Waals surface area (Å²) in [6, 6.07) is 7.74. The highest BCUT2D eigenvalue weighted by Gasteiger charge is 2.12. The summed E-state index contributed by atoms with van der Waals surface area (Å²) in [4.78, 5) is 23.4. The van der Waals surface area contributed by atoms with Crippen molar-refractivity contribution in [1.29, 1.82) is 0 Å². The lowest BCUT2D eigenvalue weighted by molar-refractivity contribution is 0.0696. The third-order valence-corrected chi connectivity index (χ3v) is 3.74. The van der Waals surface area contributed by atoms with E-state index in [0.29, 0.717) is 16.3 Å². The molecule has 0 atom stereocenters. The molecule has 2 rings (SSSR count). The number of anilines is 1. The Bertz CT molecular complexity index is 714. The number of aromatic carboxylic acids is 1. The van der Waals surface area contributed by atoms with E-state index >= 15 is 0 Å². The normalized spacial score (nSPS) is 9.86. The topological polar surface area (TPSA) is 87.7 Å². The van der Waals surface area contributed by atoms with Crippen LogP contribution in [0, 0.1) is 0 Å². The number of carboxylic acid groups (broad SMARTS) is 1. The smallest absolute Gasteiger partial charge is 0.335 e. The highest BCUT2D eigenvalue weighted by Crippen LogP contribution is 2.25. The van der Waals surface area contributed by atoms with Crippen LogP contribution in [0.1, 0.15) is 20.0 Å². The number of thiocarbonyl (C=S) groups is 1. The first-order valence-corrected chi connectivity index (χ1v) is 7.37. The van der Waals surface area contributed by atoms with Crippen molar-refractivity contribution >= 4 is 46.2 Å². The van der Waals surface area contributed by atoms with Gasteiger partial charge in [-0.15, -0.1) is 11.3 Å². The van der Waals surface area contributed by atoms with Crippen molar-refractivity contribution < 1.29 is 19.4 Å². The molecule has 0 fully saturated rings. The van der Waals surface area contributed by atoms with Gasteiger partial charge < -0.3 is 15.2 Å². The second-order valence-corrected chi connectivity index (χ2v) is 5.46. The minimum absolute atomic E-state index is 0.0549. The second kappa shape index (κ2) is 7.01. The van der Waals surface area contributed by atoms with Crippen molar-refractivity contribution in [2.24, 2.45) is 0 Å². The number of carbonyl (C=O) groups is 2. The van der Waals surface area contributed by atoms with Gasteiger partial charge in [-0.3, -0.25) is 10.1 Å². The average Bonchev–Trinajstić information content (AvgIpc) is 3.01. The average molecular weight is 336 g/mol. The van der Waals surface area contributed by atoms with Crippen LogP contribution in [0.15, 0.2) is 35.7 Å². The molecule has 0 bridgehead atoms. The molecule has 8 heteroatoms. The standard InChI is InChI=1S/C14H12N2O4S2/c1-20-10-5-4-8(13(18)19)7-9(10)15-14(21)16-12(17)11-3-2-6-22-11/h2-7H,1H3,(H,18,19)(H2,15,16,17,21). The predicted octanol–water partition coefficient (Wildman–Crippen LogP) is 2.58. The number of nitrogens with one attached hydrogen (secondary N) is 2. The molecule has 0 radical (unpaired) electrons. The number of methoxy groups -OCH3 is 1. The molecule has 0 saturated heterocycles. The van der Waals surface area contributed by atoms with E-state index in [1.54, 1.807) is 17.5 Å². The molecule has 1 aromatic heterocycles. The fraction of sp³-hybridized carbons (Fsp3) is 0.0714. The van der Waals surface area contributed by atoms with E-state index in [1.165, 1.54) is 36.6 Å². The van der Waals surface area contributed by atoms with Gasteiger partial charge in [-0.1, -0.05) is 6.07 Å². The fourth-order valence-electron chi connectivity index (χ4n) is 1.66. The molecule has 0 aliphatic heterocycles. The molecule has 22 heavy (non-hydrogen) atoms. The van der Waals surface area contributed by atoms with Crippen LogP contribution in [-0.2, 0) is 0 Å². The Kier molecular flexibility index (Phi) is 5.08. The molecular formula is C14H12N2O4S2. The van der Waals surface area contributed by atoms with Crippen LogP contribution >= 0.6 is 23.6 Å². The number of thiophene rings is 1. The summed E-state index contributed by atoms with van der Waals surface area (Å²) < 4.78 is 5.13. The molecule has 1 aromatic carbocycles. The van der Waals surface area contributed by atoms with Crippen molar-refractivity contribution in [3.05, 3.63) is 46.2 Å². The maximum Gasteiger partial charge on any atom is 0.335 e. The zero-order valence-electron chi connectivity index (χ0n) is 11.5. The van der Waals surface area contributed by atoms with E-state index in [9.17, 15) is 9.59 Å². The lowest BCUT2D eigenvalue weighted by Crippen LogP contribution is -2.33. The molecule has 2 aromatic rings. The number of rotatable bonds is 4. The first kappa shape index (κ1) is 15.9. The van der Waals surface area contributed by atoms with Gasteiger partial charge in [0.05, 0.1) is 23.2 Å². The summed E-state index contributed by atoms with van der Waals surface area (Å²) in [5, 5.41) is 16.1. The summed E-state index contributed by atoms with van der Waals surface area (Å²) >= 11 is 6.35. The van der Waals surface area contributed by atoms with Gasteiger partial charge in [0.15, 0.2) is 5.11 Å². The second-order valence-electron chi connectivity index (χ2n) is 4.11. The van der Waals surface area contributed by atoms with Gasteiger partial charge in [0, 0.05) is 0 Å². The first-order valence-electron chi connectivity index (χ1n) is 6.08. The molecule has 0 saturated carbocycles. The molecule has 0 unspecified atom stereocenters. The largest absolute Gasteiger partial charge is 0.495 e. The van der Waals surface area contributed by atoms with Crippen molar-refractivity contribution in [2.45, 2.75) is 0 Å². The van der Waals surface area contributed by atoms with Crippen LogP contribution in [0.5, 0.6) is 5.75 Å². The first-order chi connectivity index (χ1) is 10.5. The molecular weight excluding hydrogens is 324 g/mol. The molecule has 1 amide bonds. The quantitative estimate of drug-likeness (QED) is 0.744. The lowest BCUT2D eigenvalue weighted by atomic mass is 10.2. The Hall–Kier alpha value is -2.45. The van der Waals surface area contributed by atoms with Gasteiger partial charge in [0.1, 0.15) is 5.75 Å². The summed E-state index contributed by atoms with van der Waals surface area (Å²) in [6.45, 7) is 0. The number of benzene rings is 1. The summed E-state index contributed by atoms with van der Waals surface area (Å²) in [6.07, 6.45) is 0. The molecule has 114 valence electrons. The SMILES string of the molecule is COc1ccc(C(=O)O)cc1NC(=S)NC(=O)c1cccs1. The van der Waals surface area contributed by atoms with Crippen LogP contribution in [0.3, 0.4) is 0 Å². The van der Waals surface area contributed by atoms with Crippen molar-refractivity contribution in [3.63, 3.8) is 0 Å². The zero-order chi connectivity index (χ0) is 16.1. The fourth-order valence-corrected chi connectivity index (χ4v) is 2.49. The summed E-state index contributed by atoms with van der Waals surface area (Å²) in [5.74, 6) is -0.988. The molecule has 3 N–H and O–H groups in total. The number of ether oxygens (including phenoxy) is 1. The molecule has 1 heterocycles. The van der Waals surface area contributed by atoms with E-state index < -0.39 is 5.97 Å². The van der Waals surface area contributed by atoms with E-state index in [2.05, 4.69) is 10.6 Å². The highest BCUT2D eigenvalue weighted by atomic mass is 32.1. The van der Waals surface area contributed by atoms with Gasteiger partial charge in [-0.2, -0.15) is 0 Å². The molecule has 0 aliphatic rings. The Labute approximate surface area is 135 Å². The summed E-state index contributed by atoms with van der Waals surface area (Å²) in [5.41, 5.74) is 0.439. The van der Waals surface area contributed by atoms with Gasteiger partial charge in [-0.25, -0.2) is 4.79 Å². The number of amides is 1. The maximum atomic E-state index is 11.9. The number of carboxylic acids is 1. The van der Waals surface area contributed by atoms with Gasteiger partial charge >= 0.3 is 5.97 Å². The Morgan fingerprint density at radius 1 is 1.32 bits per heavy atom. The van der Waals surface area contributed by atoms with E-state index in [-0.39, 0.29) is 16.6 Å². The predicted molar refractivity (Wildman–Crippen MR) is 88.0 cm³/mol. The minimum atomic E-state index is -1.07. The molecule has 6 nitrogen and oxygen atoms in total. The van der Waals surface area contributed by atoms with Gasteiger partial charge in [-0.05, 0) is 41.9 Å². The maximum absolute atomic E-state index is 11.9. The Morgan fingerprint density at radius 2 is 2.09 bits per heavy atom. The van der Waals surface area contributed by atoms with E-state index in [0.717, 1.165) is 0 Å². The number of hydrogen-bond acceptors (Lipinski definition) is 5. The monoisotopic (exact) mass is 336 g/mol. The third-order valence-electron chi connectivity index (χ3n) is 2.67. The van der Waals surface area contributed by atoms with Gasteiger partial charge in [0.25, 0.3) is 5.91 Å². The summed E-state index contributed by atoms with van der Waals surface area (Å²) in [7, 11) is 1.45. The lowest BCUT2D eigenvalue weighted by Gasteiger charge is -2.13. The molecule has 0 aliphatic carbocycles. The number of carbonyl (C=O) groups excluding carboxylic acids is 1. The minimum Gasteiger partial charge on any atom is -0.495 e.